The van der Waals surface area contributed by atoms with Crippen LogP contribution in [0.15, 0.2) is 18.2 Å². The van der Waals surface area contributed by atoms with Crippen LogP contribution in [0.2, 0.25) is 0 Å². The summed E-state index contributed by atoms with van der Waals surface area (Å²) in [5, 5.41) is 11.3. The third-order valence-corrected chi connectivity index (χ3v) is 2.58. The van der Waals surface area contributed by atoms with Gasteiger partial charge in [0.25, 0.3) is 5.91 Å². The molecular weight excluding hydrogens is 272 g/mol. The molecular formula is C15H18N2O4. The molecule has 0 saturated carbocycles. The first-order valence-electron chi connectivity index (χ1n) is 6.42. The number of rotatable bonds is 6. The predicted molar refractivity (Wildman–Crippen MR) is 77.7 cm³/mol. The number of primary amides is 1. The minimum absolute atomic E-state index is 0.0252. The van der Waals surface area contributed by atoms with Gasteiger partial charge in [0, 0.05) is 24.9 Å². The molecule has 0 fully saturated rings. The number of carbonyl (C=O) groups is 2. The Hall–Kier alpha value is -2.52. The molecule has 0 aliphatic heterocycles. The molecule has 112 valence electrons. The first kappa shape index (κ1) is 16.5. The summed E-state index contributed by atoms with van der Waals surface area (Å²) in [4.78, 5) is 22.5. The number of benzene rings is 1. The van der Waals surface area contributed by atoms with Crippen molar-refractivity contribution in [2.24, 2.45) is 5.73 Å². The van der Waals surface area contributed by atoms with Gasteiger partial charge in [0.2, 0.25) is 5.91 Å². The van der Waals surface area contributed by atoms with E-state index in [1.54, 1.807) is 18.2 Å². The number of nitrogens with one attached hydrogen (secondary N) is 1. The summed E-state index contributed by atoms with van der Waals surface area (Å²) in [6.07, 6.45) is 0.434. The lowest BCUT2D eigenvalue weighted by Crippen LogP contribution is -2.27. The van der Waals surface area contributed by atoms with Gasteiger partial charge < -0.3 is 20.9 Å². The SMILES string of the molecule is COc1ccc(C(=O)NCCC(N)=O)cc1C#CCCO. The van der Waals surface area contributed by atoms with Gasteiger partial charge in [-0.05, 0) is 18.2 Å². The van der Waals surface area contributed by atoms with E-state index >= 15 is 0 Å². The number of nitrogens with two attached hydrogens (primary N) is 1. The van der Waals surface area contributed by atoms with Crippen molar-refractivity contribution in [1.82, 2.24) is 5.32 Å². The van der Waals surface area contributed by atoms with Crippen molar-refractivity contribution in [3.63, 3.8) is 0 Å². The molecule has 0 aromatic heterocycles. The van der Waals surface area contributed by atoms with Gasteiger partial charge in [0.1, 0.15) is 5.75 Å². The number of amides is 2. The molecule has 0 atom stereocenters. The normalized spacial score (nSPS) is 9.43. The second-order valence-electron chi connectivity index (χ2n) is 4.16. The van der Waals surface area contributed by atoms with E-state index in [1.165, 1.54) is 7.11 Å². The second kappa shape index (κ2) is 8.61. The lowest BCUT2D eigenvalue weighted by atomic mass is 10.1. The van der Waals surface area contributed by atoms with Crippen molar-refractivity contribution in [2.75, 3.05) is 20.3 Å². The summed E-state index contributed by atoms with van der Waals surface area (Å²) in [5.74, 6) is 5.39. The third-order valence-electron chi connectivity index (χ3n) is 2.58. The number of carbonyl (C=O) groups excluding carboxylic acids is 2. The summed E-state index contributed by atoms with van der Waals surface area (Å²) in [5.41, 5.74) is 5.98. The molecule has 0 radical (unpaired) electrons. The Morgan fingerprint density at radius 1 is 1.43 bits per heavy atom. The summed E-state index contributed by atoms with van der Waals surface area (Å²) in [6.45, 7) is 0.161. The standard InChI is InChI=1S/C15H18N2O4/c1-21-13-6-5-12(10-11(13)4-2-3-9-18)15(20)17-8-7-14(16)19/h5-6,10,18H,3,7-9H2,1H3,(H2,16,19)(H,17,20). The van der Waals surface area contributed by atoms with E-state index in [0.29, 0.717) is 23.3 Å². The lowest BCUT2D eigenvalue weighted by molar-refractivity contribution is -0.117. The molecule has 1 rings (SSSR count). The molecule has 0 bridgehead atoms. The lowest BCUT2D eigenvalue weighted by Gasteiger charge is -2.07. The zero-order chi connectivity index (χ0) is 15.7. The number of aliphatic hydroxyl groups is 1. The number of ether oxygens (including phenoxy) is 1. The summed E-state index contributed by atoms with van der Waals surface area (Å²) in [6, 6.07) is 4.85. The molecule has 0 unspecified atom stereocenters. The average Bonchev–Trinajstić information content (AvgIpc) is 2.47. The van der Waals surface area contributed by atoms with Crippen LogP contribution in [-0.4, -0.2) is 37.2 Å². The number of hydrogen-bond acceptors (Lipinski definition) is 4. The Labute approximate surface area is 123 Å². The van der Waals surface area contributed by atoms with E-state index in [2.05, 4.69) is 17.2 Å². The Balaban J connectivity index is 2.84. The molecule has 2 amide bonds. The van der Waals surface area contributed by atoms with Crippen LogP contribution in [0, 0.1) is 11.8 Å². The van der Waals surface area contributed by atoms with Crippen LogP contribution in [0.4, 0.5) is 0 Å². The molecule has 0 aliphatic carbocycles. The zero-order valence-electron chi connectivity index (χ0n) is 11.8. The quantitative estimate of drug-likeness (QED) is 0.643. The molecule has 0 saturated heterocycles. The molecule has 6 heteroatoms. The van der Waals surface area contributed by atoms with Crippen LogP contribution in [0.1, 0.15) is 28.8 Å². The van der Waals surface area contributed by atoms with E-state index in [0.717, 1.165) is 0 Å². The van der Waals surface area contributed by atoms with Crippen molar-refractivity contribution in [3.8, 4) is 17.6 Å². The van der Waals surface area contributed by atoms with Crippen molar-refractivity contribution >= 4 is 11.8 Å². The predicted octanol–water partition coefficient (Wildman–Crippen LogP) is 0.0343. The molecule has 4 N–H and O–H groups in total. The average molecular weight is 290 g/mol. The van der Waals surface area contributed by atoms with E-state index in [4.69, 9.17) is 15.6 Å². The Morgan fingerprint density at radius 2 is 2.19 bits per heavy atom. The van der Waals surface area contributed by atoms with E-state index in [-0.39, 0.29) is 25.5 Å². The highest BCUT2D eigenvalue weighted by atomic mass is 16.5. The minimum Gasteiger partial charge on any atom is -0.495 e. The van der Waals surface area contributed by atoms with Gasteiger partial charge in [-0.3, -0.25) is 9.59 Å². The fourth-order valence-electron chi connectivity index (χ4n) is 1.56. The molecule has 0 aliphatic rings. The van der Waals surface area contributed by atoms with Gasteiger partial charge in [-0.25, -0.2) is 0 Å². The molecule has 0 spiro atoms. The Morgan fingerprint density at radius 3 is 2.81 bits per heavy atom. The smallest absolute Gasteiger partial charge is 0.251 e. The Kier molecular flexibility index (Phi) is 6.78. The highest BCUT2D eigenvalue weighted by molar-refractivity contribution is 5.95. The zero-order valence-corrected chi connectivity index (χ0v) is 11.8. The van der Waals surface area contributed by atoms with Gasteiger partial charge in [-0.2, -0.15) is 0 Å². The first-order chi connectivity index (χ1) is 10.1. The molecule has 6 nitrogen and oxygen atoms in total. The van der Waals surface area contributed by atoms with E-state index < -0.39 is 5.91 Å². The first-order valence-corrected chi connectivity index (χ1v) is 6.42. The van der Waals surface area contributed by atoms with E-state index in [9.17, 15) is 9.59 Å². The van der Waals surface area contributed by atoms with Crippen LogP contribution in [0.3, 0.4) is 0 Å². The maximum absolute atomic E-state index is 11.9. The monoisotopic (exact) mass is 290 g/mol. The largest absolute Gasteiger partial charge is 0.495 e. The van der Waals surface area contributed by atoms with Crippen LogP contribution < -0.4 is 15.8 Å². The van der Waals surface area contributed by atoms with Crippen molar-refractivity contribution < 1.29 is 19.4 Å². The van der Waals surface area contributed by atoms with Crippen LogP contribution in [-0.2, 0) is 4.79 Å². The maximum atomic E-state index is 11.9. The van der Waals surface area contributed by atoms with Crippen LogP contribution >= 0.6 is 0 Å². The van der Waals surface area contributed by atoms with Crippen LogP contribution in [0.25, 0.3) is 0 Å². The maximum Gasteiger partial charge on any atom is 0.251 e. The molecule has 21 heavy (non-hydrogen) atoms. The molecule has 1 aromatic carbocycles. The Bertz CT molecular complexity index is 573. The highest BCUT2D eigenvalue weighted by Gasteiger charge is 2.09. The fraction of sp³-hybridized carbons (Fsp3) is 0.333. The second-order valence-corrected chi connectivity index (χ2v) is 4.16. The third kappa shape index (κ3) is 5.55. The number of aliphatic hydroxyl groups excluding tert-OH is 1. The van der Waals surface area contributed by atoms with Crippen molar-refractivity contribution in [2.45, 2.75) is 12.8 Å². The number of hydrogen-bond donors (Lipinski definition) is 3. The topological polar surface area (TPSA) is 102 Å². The van der Waals surface area contributed by atoms with Crippen molar-refractivity contribution in [3.05, 3.63) is 29.3 Å². The minimum atomic E-state index is -0.472. The van der Waals surface area contributed by atoms with E-state index in [1.807, 2.05) is 0 Å². The fourth-order valence-corrected chi connectivity index (χ4v) is 1.56. The van der Waals surface area contributed by atoms with Gasteiger partial charge >= 0.3 is 0 Å². The van der Waals surface area contributed by atoms with Crippen molar-refractivity contribution in [1.29, 1.82) is 0 Å². The van der Waals surface area contributed by atoms with Crippen LogP contribution in [0.5, 0.6) is 5.75 Å². The van der Waals surface area contributed by atoms with Gasteiger partial charge in [-0.15, -0.1) is 0 Å². The van der Waals surface area contributed by atoms with Gasteiger partial charge in [0.15, 0.2) is 0 Å². The molecule has 0 heterocycles. The number of methoxy groups -OCH3 is 1. The van der Waals surface area contributed by atoms with Gasteiger partial charge in [-0.1, -0.05) is 11.8 Å². The van der Waals surface area contributed by atoms with Gasteiger partial charge in [0.05, 0.1) is 19.3 Å². The molecule has 1 aromatic rings. The summed E-state index contributed by atoms with van der Waals surface area (Å²) >= 11 is 0. The summed E-state index contributed by atoms with van der Waals surface area (Å²) < 4.78 is 5.17. The summed E-state index contributed by atoms with van der Waals surface area (Å²) in [7, 11) is 1.51. The highest BCUT2D eigenvalue weighted by Crippen LogP contribution is 2.18.